The molecule has 0 saturated heterocycles. The number of para-hydroxylation sites is 1. The summed E-state index contributed by atoms with van der Waals surface area (Å²) in [6.45, 7) is 8.92. The van der Waals surface area contributed by atoms with Crippen LogP contribution in [0.25, 0.3) is 64.4 Å². The number of thiophene rings is 3. The Balaban J connectivity index is 1.09. The molecule has 324 valence electrons. The molecule has 0 aliphatic heterocycles. The van der Waals surface area contributed by atoms with E-state index >= 15 is 0 Å². The number of aryl methyl sites for hydroxylation is 1. The number of nitrogens with zero attached hydrogens (tertiary/aromatic N) is 3. The van der Waals surface area contributed by atoms with Crippen LogP contribution in [-0.4, -0.2) is 4.57 Å². The average molecular weight is 918 g/mol. The number of hydrogen-bond donors (Lipinski definition) is 0. The van der Waals surface area contributed by atoms with E-state index in [9.17, 15) is 0 Å². The smallest absolute Gasteiger partial charge is 0.0999 e. The lowest BCUT2D eigenvalue weighted by molar-refractivity contribution is 0.683. The average Bonchev–Trinajstić information content (AvgIpc) is 4.21. The van der Waals surface area contributed by atoms with Crippen LogP contribution < -0.4 is 9.80 Å². The largest absolute Gasteiger partial charge is 0.309 e. The predicted molar refractivity (Wildman–Crippen MR) is 294 cm³/mol. The first-order valence-electron chi connectivity index (χ1n) is 22.8. The highest BCUT2D eigenvalue weighted by atomic mass is 32.1. The molecule has 1 aliphatic carbocycles. The lowest BCUT2D eigenvalue weighted by Crippen LogP contribution is -2.15. The van der Waals surface area contributed by atoms with Crippen LogP contribution in [0.15, 0.2) is 211 Å². The van der Waals surface area contributed by atoms with E-state index < -0.39 is 0 Å². The van der Waals surface area contributed by atoms with E-state index in [1.807, 2.05) is 11.3 Å². The Labute approximate surface area is 403 Å². The van der Waals surface area contributed by atoms with Crippen molar-refractivity contribution in [1.29, 1.82) is 0 Å². The Hall–Kier alpha value is -7.22. The van der Waals surface area contributed by atoms with E-state index in [1.54, 1.807) is 22.7 Å². The molecule has 0 bridgehead atoms. The van der Waals surface area contributed by atoms with Crippen LogP contribution in [0.4, 0.5) is 32.8 Å². The molecule has 67 heavy (non-hydrogen) atoms. The quantitative estimate of drug-likeness (QED) is 0.127. The minimum Gasteiger partial charge on any atom is -0.309 e. The van der Waals surface area contributed by atoms with Crippen LogP contribution in [-0.2, 0) is 5.41 Å². The van der Waals surface area contributed by atoms with E-state index in [2.05, 4.69) is 253 Å². The van der Waals surface area contributed by atoms with Gasteiger partial charge in [-0.05, 0) is 162 Å². The lowest BCUT2D eigenvalue weighted by atomic mass is 9.87. The molecule has 4 aromatic heterocycles. The zero-order valence-corrected chi connectivity index (χ0v) is 40.2. The predicted octanol–water partition coefficient (Wildman–Crippen LogP) is 19.0. The van der Waals surface area contributed by atoms with Crippen molar-refractivity contribution in [2.45, 2.75) is 33.1 Å². The van der Waals surface area contributed by atoms with Crippen molar-refractivity contribution < 1.29 is 0 Å². The highest BCUT2D eigenvalue weighted by molar-refractivity contribution is 7.25. The van der Waals surface area contributed by atoms with Gasteiger partial charge in [-0.2, -0.15) is 0 Å². The maximum atomic E-state index is 2.46. The zero-order valence-electron chi connectivity index (χ0n) is 37.8. The SMILES string of the molecule is C/C=C\C=C/C1=CC(C)(C)c2cc(N(c3cc(-c4ccc5c(c4)c4cc(C)ccc4n5-c4ccccc4)cc(N(c4ccc5c(c4)sc4ccccc45)c4cccs4)c3)c3cccs3)ccc21. The summed E-state index contributed by atoms with van der Waals surface area (Å²) in [5, 5.41) is 11.8. The minimum atomic E-state index is -0.136. The number of fused-ring (bicyclic) bond motifs is 7. The Bertz CT molecular complexity index is 3750. The van der Waals surface area contributed by atoms with Gasteiger partial charge in [-0.1, -0.05) is 110 Å². The van der Waals surface area contributed by atoms with Crippen LogP contribution in [0.1, 0.15) is 37.5 Å². The molecule has 0 fully saturated rings. The van der Waals surface area contributed by atoms with Crippen molar-refractivity contribution >= 4 is 114 Å². The molecule has 0 atom stereocenters. The fourth-order valence-electron chi connectivity index (χ4n) is 10.1. The second-order valence-corrected chi connectivity index (χ2v) is 20.9. The van der Waals surface area contributed by atoms with Crippen molar-refractivity contribution in [2.75, 3.05) is 9.80 Å². The highest BCUT2D eigenvalue weighted by Gasteiger charge is 2.31. The summed E-state index contributed by atoms with van der Waals surface area (Å²) in [6, 6.07) is 63.5. The third kappa shape index (κ3) is 7.24. The summed E-state index contributed by atoms with van der Waals surface area (Å²) in [4.78, 5) is 4.92. The molecule has 1 aliphatic rings. The Morgan fingerprint density at radius 3 is 1.93 bits per heavy atom. The van der Waals surface area contributed by atoms with Gasteiger partial charge in [0.05, 0.1) is 21.0 Å². The first-order valence-corrected chi connectivity index (χ1v) is 25.4. The number of aromatic nitrogens is 1. The molecule has 0 N–H and O–H groups in total. The Morgan fingerprint density at radius 2 is 1.19 bits per heavy atom. The van der Waals surface area contributed by atoms with Gasteiger partial charge in [0, 0.05) is 64.8 Å². The molecular formula is C61H47N3S3. The van der Waals surface area contributed by atoms with Gasteiger partial charge in [-0.25, -0.2) is 0 Å². The number of rotatable bonds is 10. The van der Waals surface area contributed by atoms with Crippen molar-refractivity contribution in [3.8, 4) is 16.8 Å². The summed E-state index contributed by atoms with van der Waals surface area (Å²) in [7, 11) is 0. The number of benzene rings is 7. The second kappa shape index (κ2) is 16.6. The second-order valence-electron chi connectivity index (χ2n) is 17.9. The third-order valence-electron chi connectivity index (χ3n) is 13.1. The molecule has 4 heterocycles. The normalized spacial score (nSPS) is 13.5. The van der Waals surface area contributed by atoms with Gasteiger partial charge in [0.2, 0.25) is 0 Å². The Kier molecular flexibility index (Phi) is 10.2. The van der Waals surface area contributed by atoms with Gasteiger partial charge in [0.25, 0.3) is 0 Å². The first kappa shape index (κ1) is 41.2. The number of allylic oxidation sites excluding steroid dienone is 6. The van der Waals surface area contributed by atoms with Gasteiger partial charge >= 0.3 is 0 Å². The molecule has 0 unspecified atom stereocenters. The lowest BCUT2D eigenvalue weighted by Gasteiger charge is -2.30. The standard InChI is InChI=1S/C61H47N3S3/c1-5-6-8-15-42-39-61(3,4)54-37-45(24-26-49(42)54)62(59-20-13-30-65-59)47-33-43(41-23-29-56-53(35-41)52-32-40(2)22-28-55(52)64(56)44-16-9-7-10-17-44)34-48(36-47)63(60-21-14-31-66-60)46-25-27-51-50-18-11-12-19-57(50)67-58(51)38-46/h5-39H,1-4H3/b6-5-,15-8-. The molecule has 0 radical (unpaired) electrons. The first-order chi connectivity index (χ1) is 32.8. The summed E-state index contributed by atoms with van der Waals surface area (Å²) < 4.78 is 4.99. The van der Waals surface area contributed by atoms with E-state index in [0.29, 0.717) is 0 Å². The zero-order chi connectivity index (χ0) is 45.2. The Morgan fingerprint density at radius 1 is 0.522 bits per heavy atom. The number of anilines is 6. The summed E-state index contributed by atoms with van der Waals surface area (Å²) in [5.74, 6) is 0. The maximum Gasteiger partial charge on any atom is 0.0999 e. The van der Waals surface area contributed by atoms with Crippen LogP contribution >= 0.6 is 34.0 Å². The molecule has 0 saturated carbocycles. The molecule has 12 rings (SSSR count). The van der Waals surface area contributed by atoms with Gasteiger partial charge < -0.3 is 14.4 Å². The van der Waals surface area contributed by atoms with Crippen LogP contribution in [0, 0.1) is 6.92 Å². The number of hydrogen-bond acceptors (Lipinski definition) is 5. The van der Waals surface area contributed by atoms with E-state index in [0.717, 1.165) is 44.0 Å². The van der Waals surface area contributed by atoms with Gasteiger partial charge in [0.1, 0.15) is 0 Å². The van der Waals surface area contributed by atoms with Crippen LogP contribution in [0.3, 0.4) is 0 Å². The monoisotopic (exact) mass is 917 g/mol. The topological polar surface area (TPSA) is 11.4 Å². The van der Waals surface area contributed by atoms with Gasteiger partial charge in [-0.3, -0.25) is 0 Å². The van der Waals surface area contributed by atoms with Gasteiger partial charge in [-0.15, -0.1) is 34.0 Å². The minimum absolute atomic E-state index is 0.136. The van der Waals surface area contributed by atoms with Gasteiger partial charge in [0.15, 0.2) is 0 Å². The van der Waals surface area contributed by atoms with Crippen molar-refractivity contribution in [2.24, 2.45) is 0 Å². The van der Waals surface area contributed by atoms with E-state index in [-0.39, 0.29) is 5.41 Å². The molecule has 0 spiro atoms. The van der Waals surface area contributed by atoms with Crippen LogP contribution in [0.5, 0.6) is 0 Å². The molecule has 6 heteroatoms. The van der Waals surface area contributed by atoms with Crippen LogP contribution in [0.2, 0.25) is 0 Å². The third-order valence-corrected chi connectivity index (χ3v) is 16.0. The summed E-state index contributed by atoms with van der Waals surface area (Å²) in [6.07, 6.45) is 11.0. The maximum absolute atomic E-state index is 2.46. The summed E-state index contributed by atoms with van der Waals surface area (Å²) in [5.41, 5.74) is 15.3. The van der Waals surface area contributed by atoms with Crippen molar-refractivity contribution in [3.05, 3.63) is 228 Å². The molecular weight excluding hydrogens is 871 g/mol. The van der Waals surface area contributed by atoms with E-state index in [1.165, 1.54) is 69.8 Å². The van der Waals surface area contributed by atoms with Crippen molar-refractivity contribution in [3.63, 3.8) is 0 Å². The van der Waals surface area contributed by atoms with E-state index in [4.69, 9.17) is 0 Å². The fraction of sp³-hybridized carbons (Fsp3) is 0.0820. The molecule has 7 aromatic carbocycles. The van der Waals surface area contributed by atoms with Crippen molar-refractivity contribution in [1.82, 2.24) is 4.57 Å². The molecule has 11 aromatic rings. The molecule has 0 amide bonds. The fourth-order valence-corrected chi connectivity index (χ4v) is 12.7. The summed E-state index contributed by atoms with van der Waals surface area (Å²) >= 11 is 5.40. The molecule has 3 nitrogen and oxygen atoms in total. The highest BCUT2D eigenvalue weighted by Crippen LogP contribution is 2.49.